The number of nitrogens with zero attached hydrogens (tertiary/aromatic N) is 1. The Bertz CT molecular complexity index is 744. The number of aliphatic imine (C=N–C) groups is 1. The molecule has 1 aliphatic heterocycles. The molecule has 0 fully saturated rings. The van der Waals surface area contributed by atoms with Gasteiger partial charge < -0.3 is 25.3 Å². The third-order valence-corrected chi connectivity index (χ3v) is 3.89. The molecule has 0 amide bonds. The number of guanidine groups is 1. The highest BCUT2D eigenvalue weighted by atomic mass is 16.5. The summed E-state index contributed by atoms with van der Waals surface area (Å²) in [6.07, 6.45) is 1.67. The molecule has 138 valence electrons. The second-order valence-electron chi connectivity index (χ2n) is 6.12. The standard InChI is InChI=1S/C20H25N3O3/c1-15-4-7-17(8-5-15)24-11-2-10-22-20(21)23-16-6-9-18-19(14-16)26-13-3-12-25-18/h4-9,14H,2-3,10-13H2,1H3,(H3,21,22,23). The number of fused-ring (bicyclic) bond motifs is 1. The minimum absolute atomic E-state index is 0.370. The van der Waals surface area contributed by atoms with Gasteiger partial charge in [-0.15, -0.1) is 0 Å². The molecule has 2 aromatic carbocycles. The summed E-state index contributed by atoms with van der Waals surface area (Å²) in [6, 6.07) is 13.7. The molecule has 0 spiro atoms. The van der Waals surface area contributed by atoms with E-state index < -0.39 is 0 Å². The lowest BCUT2D eigenvalue weighted by atomic mass is 10.2. The Hall–Kier alpha value is -2.89. The lowest BCUT2D eigenvalue weighted by Crippen LogP contribution is -2.23. The van der Waals surface area contributed by atoms with Crippen LogP contribution in [0.15, 0.2) is 47.5 Å². The quantitative estimate of drug-likeness (QED) is 0.472. The molecule has 1 heterocycles. The largest absolute Gasteiger partial charge is 0.494 e. The lowest BCUT2D eigenvalue weighted by Gasteiger charge is -2.11. The van der Waals surface area contributed by atoms with Crippen LogP contribution < -0.4 is 25.3 Å². The minimum atomic E-state index is 0.370. The van der Waals surface area contributed by atoms with Crippen LogP contribution in [0.1, 0.15) is 18.4 Å². The molecule has 0 unspecified atom stereocenters. The Morgan fingerprint density at radius 3 is 2.69 bits per heavy atom. The van der Waals surface area contributed by atoms with E-state index in [2.05, 4.69) is 17.2 Å². The number of nitrogens with one attached hydrogen (secondary N) is 1. The first kappa shape index (κ1) is 17.9. The number of ether oxygens (including phenoxy) is 3. The summed E-state index contributed by atoms with van der Waals surface area (Å²) in [5, 5.41) is 3.08. The smallest absolute Gasteiger partial charge is 0.193 e. The molecule has 26 heavy (non-hydrogen) atoms. The third kappa shape index (κ3) is 5.31. The minimum Gasteiger partial charge on any atom is -0.494 e. The Labute approximate surface area is 154 Å². The molecular formula is C20H25N3O3. The van der Waals surface area contributed by atoms with Gasteiger partial charge in [-0.05, 0) is 31.2 Å². The highest BCUT2D eigenvalue weighted by Crippen LogP contribution is 2.32. The summed E-state index contributed by atoms with van der Waals surface area (Å²) in [6.45, 7) is 4.58. The van der Waals surface area contributed by atoms with Gasteiger partial charge in [0.1, 0.15) is 5.75 Å². The van der Waals surface area contributed by atoms with Crippen molar-refractivity contribution in [3.05, 3.63) is 48.0 Å². The van der Waals surface area contributed by atoms with E-state index in [0.29, 0.717) is 32.3 Å². The van der Waals surface area contributed by atoms with E-state index in [4.69, 9.17) is 19.9 Å². The number of hydrogen-bond donors (Lipinski definition) is 2. The summed E-state index contributed by atoms with van der Waals surface area (Å²) in [4.78, 5) is 4.33. The fourth-order valence-electron chi connectivity index (χ4n) is 2.52. The van der Waals surface area contributed by atoms with Crippen LogP contribution >= 0.6 is 0 Å². The van der Waals surface area contributed by atoms with Gasteiger partial charge in [-0.25, -0.2) is 0 Å². The Kier molecular flexibility index (Phi) is 6.19. The van der Waals surface area contributed by atoms with Crippen molar-refractivity contribution in [3.63, 3.8) is 0 Å². The van der Waals surface area contributed by atoms with Gasteiger partial charge in [-0.3, -0.25) is 4.99 Å². The zero-order chi connectivity index (χ0) is 18.2. The van der Waals surface area contributed by atoms with Crippen LogP contribution in [0.3, 0.4) is 0 Å². The van der Waals surface area contributed by atoms with Crippen LogP contribution in [0.5, 0.6) is 17.2 Å². The van der Waals surface area contributed by atoms with Crippen molar-refractivity contribution < 1.29 is 14.2 Å². The van der Waals surface area contributed by atoms with Gasteiger partial charge in [-0.1, -0.05) is 17.7 Å². The lowest BCUT2D eigenvalue weighted by molar-refractivity contribution is 0.297. The second-order valence-corrected chi connectivity index (χ2v) is 6.12. The van der Waals surface area contributed by atoms with E-state index in [0.717, 1.165) is 35.8 Å². The topological polar surface area (TPSA) is 78.1 Å². The fourth-order valence-corrected chi connectivity index (χ4v) is 2.52. The van der Waals surface area contributed by atoms with E-state index in [1.54, 1.807) is 0 Å². The van der Waals surface area contributed by atoms with E-state index in [9.17, 15) is 0 Å². The van der Waals surface area contributed by atoms with Gasteiger partial charge in [0.2, 0.25) is 0 Å². The van der Waals surface area contributed by atoms with Gasteiger partial charge in [0.25, 0.3) is 0 Å². The molecule has 0 saturated carbocycles. The molecule has 0 bridgehead atoms. The first-order chi connectivity index (χ1) is 12.7. The predicted octanol–water partition coefficient (Wildman–Crippen LogP) is 3.35. The monoisotopic (exact) mass is 355 g/mol. The van der Waals surface area contributed by atoms with Crippen molar-refractivity contribution in [1.29, 1.82) is 0 Å². The molecule has 0 saturated heterocycles. The summed E-state index contributed by atoms with van der Waals surface area (Å²) in [7, 11) is 0. The number of benzene rings is 2. The summed E-state index contributed by atoms with van der Waals surface area (Å²) < 4.78 is 17.0. The van der Waals surface area contributed by atoms with Crippen molar-refractivity contribution in [2.75, 3.05) is 31.7 Å². The molecule has 0 aliphatic carbocycles. The molecule has 6 nitrogen and oxygen atoms in total. The van der Waals surface area contributed by atoms with Gasteiger partial charge in [-0.2, -0.15) is 0 Å². The molecule has 3 rings (SSSR count). The summed E-state index contributed by atoms with van der Waals surface area (Å²) in [5.74, 6) is 2.73. The zero-order valence-electron chi connectivity index (χ0n) is 15.0. The zero-order valence-corrected chi connectivity index (χ0v) is 15.0. The van der Waals surface area contributed by atoms with Crippen LogP contribution in [0, 0.1) is 6.92 Å². The maximum absolute atomic E-state index is 5.95. The average molecular weight is 355 g/mol. The molecule has 0 atom stereocenters. The maximum Gasteiger partial charge on any atom is 0.193 e. The molecule has 3 N–H and O–H groups in total. The first-order valence-electron chi connectivity index (χ1n) is 8.87. The Balaban J connectivity index is 1.43. The normalized spacial score (nSPS) is 13.8. The van der Waals surface area contributed by atoms with E-state index in [-0.39, 0.29) is 0 Å². The molecular weight excluding hydrogens is 330 g/mol. The van der Waals surface area contributed by atoms with E-state index in [1.165, 1.54) is 5.56 Å². The second kappa shape index (κ2) is 8.99. The van der Waals surface area contributed by atoms with Crippen LogP contribution in [-0.2, 0) is 0 Å². The molecule has 0 aromatic heterocycles. The number of rotatable bonds is 6. The number of nitrogens with two attached hydrogens (primary N) is 1. The molecule has 0 radical (unpaired) electrons. The molecule has 1 aliphatic rings. The van der Waals surface area contributed by atoms with Gasteiger partial charge >= 0.3 is 0 Å². The third-order valence-electron chi connectivity index (χ3n) is 3.89. The maximum atomic E-state index is 5.95. The van der Waals surface area contributed by atoms with Gasteiger partial charge in [0.15, 0.2) is 17.5 Å². The first-order valence-corrected chi connectivity index (χ1v) is 8.87. The number of hydrogen-bond acceptors (Lipinski definition) is 4. The summed E-state index contributed by atoms with van der Waals surface area (Å²) in [5.41, 5.74) is 7.99. The van der Waals surface area contributed by atoms with Crippen molar-refractivity contribution >= 4 is 11.6 Å². The van der Waals surface area contributed by atoms with Crippen LogP contribution in [0.25, 0.3) is 0 Å². The SMILES string of the molecule is Cc1ccc(OCCCN=C(N)Nc2ccc3c(c2)OCCCO3)cc1. The Morgan fingerprint density at radius 2 is 1.88 bits per heavy atom. The van der Waals surface area contributed by atoms with Crippen molar-refractivity contribution in [3.8, 4) is 17.2 Å². The van der Waals surface area contributed by atoms with Crippen LogP contribution in [0.4, 0.5) is 5.69 Å². The van der Waals surface area contributed by atoms with Crippen LogP contribution in [0.2, 0.25) is 0 Å². The van der Waals surface area contributed by atoms with Gasteiger partial charge in [0, 0.05) is 31.1 Å². The van der Waals surface area contributed by atoms with E-state index in [1.807, 2.05) is 42.5 Å². The summed E-state index contributed by atoms with van der Waals surface area (Å²) >= 11 is 0. The van der Waals surface area contributed by atoms with Crippen molar-refractivity contribution in [2.45, 2.75) is 19.8 Å². The number of anilines is 1. The molecule has 2 aromatic rings. The highest BCUT2D eigenvalue weighted by molar-refractivity contribution is 5.92. The van der Waals surface area contributed by atoms with E-state index >= 15 is 0 Å². The Morgan fingerprint density at radius 1 is 1.12 bits per heavy atom. The highest BCUT2D eigenvalue weighted by Gasteiger charge is 2.10. The fraction of sp³-hybridized carbons (Fsp3) is 0.350. The predicted molar refractivity (Wildman–Crippen MR) is 103 cm³/mol. The van der Waals surface area contributed by atoms with Gasteiger partial charge in [0.05, 0.1) is 19.8 Å². The van der Waals surface area contributed by atoms with Crippen molar-refractivity contribution in [2.24, 2.45) is 10.7 Å². The molecule has 6 heteroatoms. The van der Waals surface area contributed by atoms with Crippen LogP contribution in [-0.4, -0.2) is 32.3 Å². The average Bonchev–Trinajstić information content (AvgIpc) is 2.88. The number of aryl methyl sites for hydroxylation is 1. The van der Waals surface area contributed by atoms with Crippen molar-refractivity contribution in [1.82, 2.24) is 0 Å².